The Morgan fingerprint density at radius 3 is 2.46 bits per heavy atom. The average molecular weight is 508 g/mol. The predicted molar refractivity (Wildman–Crippen MR) is 114 cm³/mol. The molecule has 0 saturated carbocycles. The predicted octanol–water partition coefficient (Wildman–Crippen LogP) is 2.07. The number of anilines is 1. The van der Waals surface area contributed by atoms with Crippen molar-refractivity contribution in [1.82, 2.24) is 5.32 Å². The number of alkyl carbamates (subject to hydrolysis) is 1. The maximum Gasteiger partial charge on any atom is 0.407 e. The van der Waals surface area contributed by atoms with E-state index in [0.29, 0.717) is 16.5 Å². The van der Waals surface area contributed by atoms with Crippen molar-refractivity contribution in [3.63, 3.8) is 0 Å². The molecule has 0 heterocycles. The van der Waals surface area contributed by atoms with Crippen molar-refractivity contribution in [2.24, 2.45) is 5.92 Å². The number of nitrogens with one attached hydrogen (secondary N) is 2. The third-order valence-corrected chi connectivity index (χ3v) is 4.93. The summed E-state index contributed by atoms with van der Waals surface area (Å²) in [5.74, 6) is -0.268. The van der Waals surface area contributed by atoms with Crippen molar-refractivity contribution < 1.29 is 29.3 Å². The molecule has 1 rings (SSSR count). The van der Waals surface area contributed by atoms with Gasteiger partial charge in [0.2, 0.25) is 5.91 Å². The summed E-state index contributed by atoms with van der Waals surface area (Å²) >= 11 is 2.07. The topological polar surface area (TPSA) is 117 Å². The van der Waals surface area contributed by atoms with E-state index < -0.39 is 18.3 Å². The number of hydrogen-bond donors (Lipinski definition) is 4. The Bertz CT molecular complexity index is 599. The number of ether oxygens (including phenoxy) is 2. The molecule has 2 amide bonds. The van der Waals surface area contributed by atoms with Crippen LogP contribution in [0.25, 0.3) is 0 Å². The minimum absolute atomic E-state index is 0.0419. The first kappa shape index (κ1) is 24.6. The van der Waals surface area contributed by atoms with Gasteiger partial charge in [0.15, 0.2) is 0 Å². The van der Waals surface area contributed by atoms with Gasteiger partial charge in [0.1, 0.15) is 6.61 Å². The second-order valence-electron chi connectivity index (χ2n) is 6.45. The largest absolute Gasteiger partial charge is 0.445 e. The van der Waals surface area contributed by atoms with Crippen molar-refractivity contribution in [3.05, 3.63) is 29.8 Å². The number of alkyl halides is 1. The van der Waals surface area contributed by atoms with Gasteiger partial charge in [0.05, 0.1) is 25.4 Å². The van der Waals surface area contributed by atoms with E-state index in [1.165, 1.54) is 0 Å². The molecule has 1 aromatic carbocycles. The fourth-order valence-electron chi connectivity index (χ4n) is 2.07. The lowest BCUT2D eigenvalue weighted by Gasteiger charge is -2.20. The van der Waals surface area contributed by atoms with Crippen LogP contribution in [0.15, 0.2) is 24.3 Å². The lowest BCUT2D eigenvalue weighted by Crippen LogP contribution is -2.37. The van der Waals surface area contributed by atoms with E-state index in [1.54, 1.807) is 38.1 Å². The molecule has 0 aromatic heterocycles. The van der Waals surface area contributed by atoms with Crippen LogP contribution in [0.5, 0.6) is 0 Å². The van der Waals surface area contributed by atoms with Crippen LogP contribution >= 0.6 is 22.6 Å². The van der Waals surface area contributed by atoms with Crippen LogP contribution in [0.1, 0.15) is 25.8 Å². The molecule has 4 N–H and O–H groups in total. The highest BCUT2D eigenvalue weighted by atomic mass is 127. The molecule has 0 saturated heterocycles. The highest BCUT2D eigenvalue weighted by Crippen LogP contribution is 2.11. The first-order chi connectivity index (χ1) is 13.3. The SMILES string of the molecule is CCC(=O)Nc1ccc(COC(=O)NCC(O)C(C)COCC(O)CI)cc1. The van der Waals surface area contributed by atoms with Gasteiger partial charge in [-0.2, -0.15) is 0 Å². The average Bonchev–Trinajstić information content (AvgIpc) is 2.70. The maximum absolute atomic E-state index is 11.8. The summed E-state index contributed by atoms with van der Waals surface area (Å²) in [7, 11) is 0. The maximum atomic E-state index is 11.8. The third-order valence-electron chi connectivity index (χ3n) is 3.91. The normalized spacial score (nSPS) is 14.0. The van der Waals surface area contributed by atoms with Crippen molar-refractivity contribution in [1.29, 1.82) is 0 Å². The first-order valence-electron chi connectivity index (χ1n) is 9.14. The zero-order valence-electron chi connectivity index (χ0n) is 16.2. The number of benzene rings is 1. The number of halogens is 1. The van der Waals surface area contributed by atoms with Crippen LogP contribution < -0.4 is 10.6 Å². The van der Waals surface area contributed by atoms with Crippen molar-refractivity contribution >= 4 is 40.3 Å². The summed E-state index contributed by atoms with van der Waals surface area (Å²) in [4.78, 5) is 23.1. The zero-order valence-corrected chi connectivity index (χ0v) is 18.3. The van der Waals surface area contributed by atoms with Crippen LogP contribution in [0.2, 0.25) is 0 Å². The Hall–Kier alpha value is -1.43. The Balaban J connectivity index is 2.26. The highest BCUT2D eigenvalue weighted by molar-refractivity contribution is 14.1. The molecule has 3 unspecified atom stereocenters. The Morgan fingerprint density at radius 2 is 1.86 bits per heavy atom. The van der Waals surface area contributed by atoms with E-state index in [4.69, 9.17) is 9.47 Å². The van der Waals surface area contributed by atoms with Gasteiger partial charge < -0.3 is 30.3 Å². The van der Waals surface area contributed by atoms with Gasteiger partial charge >= 0.3 is 6.09 Å². The van der Waals surface area contributed by atoms with Gasteiger partial charge in [-0.05, 0) is 17.7 Å². The van der Waals surface area contributed by atoms with Gasteiger partial charge in [-0.3, -0.25) is 4.79 Å². The number of aliphatic hydroxyl groups excluding tert-OH is 2. The van der Waals surface area contributed by atoms with E-state index in [2.05, 4.69) is 33.2 Å². The second-order valence-corrected chi connectivity index (χ2v) is 7.33. The van der Waals surface area contributed by atoms with Crippen LogP contribution in [0.4, 0.5) is 10.5 Å². The summed E-state index contributed by atoms with van der Waals surface area (Å²) in [5, 5.41) is 24.7. The van der Waals surface area contributed by atoms with E-state index in [9.17, 15) is 19.8 Å². The molecule has 0 radical (unpaired) electrons. The standard InChI is InChI=1S/C19H29IN2O6/c1-3-18(25)22-15-6-4-14(5-7-15)11-28-19(26)21-9-17(24)13(2)10-27-12-16(23)8-20/h4-7,13,16-17,23-24H,3,8-12H2,1-2H3,(H,21,26)(H,22,25). The molecular formula is C19H29IN2O6. The fourth-order valence-corrected chi connectivity index (χ4v) is 2.32. The first-order valence-corrected chi connectivity index (χ1v) is 10.7. The number of hydrogen-bond acceptors (Lipinski definition) is 6. The molecule has 0 fully saturated rings. The second kappa shape index (κ2) is 13.7. The van der Waals surface area contributed by atoms with E-state index in [1.807, 2.05) is 0 Å². The molecule has 3 atom stereocenters. The van der Waals surface area contributed by atoms with E-state index in [-0.39, 0.29) is 38.2 Å². The van der Waals surface area contributed by atoms with Gasteiger partial charge in [-0.15, -0.1) is 0 Å². The number of amides is 2. The minimum atomic E-state index is -0.786. The summed E-state index contributed by atoms with van der Waals surface area (Å²) in [6, 6.07) is 7.00. The quantitative estimate of drug-likeness (QED) is 0.254. The zero-order chi connectivity index (χ0) is 20.9. The number of carbonyl (C=O) groups excluding carboxylic acids is 2. The summed E-state index contributed by atoms with van der Waals surface area (Å²) < 4.78 is 11.0. The van der Waals surface area contributed by atoms with Gasteiger partial charge in [-0.1, -0.05) is 48.6 Å². The monoisotopic (exact) mass is 508 g/mol. The molecule has 0 spiro atoms. The number of carbonyl (C=O) groups is 2. The highest BCUT2D eigenvalue weighted by Gasteiger charge is 2.16. The van der Waals surface area contributed by atoms with Crippen molar-refractivity contribution in [3.8, 4) is 0 Å². The molecular weight excluding hydrogens is 479 g/mol. The van der Waals surface area contributed by atoms with Crippen molar-refractivity contribution in [2.45, 2.75) is 39.1 Å². The Morgan fingerprint density at radius 1 is 1.18 bits per heavy atom. The molecule has 28 heavy (non-hydrogen) atoms. The molecule has 9 heteroatoms. The molecule has 0 bridgehead atoms. The fraction of sp³-hybridized carbons (Fsp3) is 0.579. The summed E-state index contributed by atoms with van der Waals surface area (Å²) in [6.07, 6.45) is -1.53. The molecule has 0 aliphatic heterocycles. The van der Waals surface area contributed by atoms with Gasteiger partial charge in [-0.25, -0.2) is 4.79 Å². The van der Waals surface area contributed by atoms with E-state index >= 15 is 0 Å². The smallest absolute Gasteiger partial charge is 0.407 e. The van der Waals surface area contributed by atoms with Gasteiger partial charge in [0.25, 0.3) is 0 Å². The minimum Gasteiger partial charge on any atom is -0.445 e. The lowest BCUT2D eigenvalue weighted by molar-refractivity contribution is -0.115. The lowest BCUT2D eigenvalue weighted by atomic mass is 10.1. The van der Waals surface area contributed by atoms with E-state index in [0.717, 1.165) is 5.56 Å². The summed E-state index contributed by atoms with van der Waals surface area (Å²) in [6.45, 7) is 4.20. The van der Waals surface area contributed by atoms with Gasteiger partial charge in [0, 0.05) is 29.0 Å². The summed E-state index contributed by atoms with van der Waals surface area (Å²) in [5.41, 5.74) is 1.46. The Labute approximate surface area is 179 Å². The van der Waals surface area contributed by atoms with Crippen LogP contribution in [0.3, 0.4) is 0 Å². The molecule has 0 aliphatic carbocycles. The molecule has 0 aliphatic rings. The third kappa shape index (κ3) is 10.2. The van der Waals surface area contributed by atoms with Crippen molar-refractivity contribution in [2.75, 3.05) is 29.5 Å². The Kier molecular flexibility index (Phi) is 12.0. The molecule has 1 aromatic rings. The van der Waals surface area contributed by atoms with Crippen LogP contribution in [0, 0.1) is 5.92 Å². The molecule has 158 valence electrons. The molecule has 8 nitrogen and oxygen atoms in total. The number of rotatable bonds is 12. The number of aliphatic hydroxyl groups is 2. The van der Waals surface area contributed by atoms with Crippen LogP contribution in [-0.2, 0) is 20.9 Å². The van der Waals surface area contributed by atoms with Crippen LogP contribution in [-0.4, -0.2) is 58.6 Å².